The number of benzene rings is 1. The van der Waals surface area contributed by atoms with Gasteiger partial charge in [-0.1, -0.05) is 18.6 Å². The Morgan fingerprint density at radius 2 is 1.95 bits per heavy atom. The molecule has 0 saturated heterocycles. The van der Waals surface area contributed by atoms with Crippen molar-refractivity contribution >= 4 is 11.9 Å². The van der Waals surface area contributed by atoms with Crippen molar-refractivity contribution in [2.75, 3.05) is 13.7 Å². The van der Waals surface area contributed by atoms with E-state index in [9.17, 15) is 9.59 Å². The Balaban J connectivity index is 2.16. The third-order valence-corrected chi connectivity index (χ3v) is 3.68. The first-order valence-electron chi connectivity index (χ1n) is 6.23. The van der Waals surface area contributed by atoms with Crippen LogP contribution in [0.1, 0.15) is 24.8 Å². The number of carboxylic acid groups (broad SMARTS) is 1. The van der Waals surface area contributed by atoms with Gasteiger partial charge in [0, 0.05) is 0 Å². The number of carboxylic acids is 1. The summed E-state index contributed by atoms with van der Waals surface area (Å²) in [5.74, 6) is -0.493. The van der Waals surface area contributed by atoms with Gasteiger partial charge in [-0.05, 0) is 30.5 Å². The molecule has 1 saturated carbocycles. The highest BCUT2D eigenvalue weighted by Gasteiger charge is 2.45. The molecule has 0 unspecified atom stereocenters. The van der Waals surface area contributed by atoms with Crippen LogP contribution in [0.25, 0.3) is 0 Å². The highest BCUT2D eigenvalue weighted by molar-refractivity contribution is 5.91. The molecular formula is C14H17NO4. The van der Waals surface area contributed by atoms with Crippen molar-refractivity contribution in [2.45, 2.75) is 24.7 Å². The van der Waals surface area contributed by atoms with Gasteiger partial charge in [-0.3, -0.25) is 9.59 Å². The van der Waals surface area contributed by atoms with Crippen molar-refractivity contribution in [3.05, 3.63) is 29.8 Å². The molecule has 1 aliphatic rings. The summed E-state index contributed by atoms with van der Waals surface area (Å²) in [7, 11) is 1.59. The summed E-state index contributed by atoms with van der Waals surface area (Å²) in [5, 5.41) is 11.1. The predicted octanol–water partition coefficient (Wildman–Crippen LogP) is 1.32. The summed E-state index contributed by atoms with van der Waals surface area (Å²) >= 11 is 0. The Hall–Kier alpha value is -2.04. The number of ether oxygens (including phenoxy) is 1. The summed E-state index contributed by atoms with van der Waals surface area (Å²) in [6.45, 7) is -0.337. The molecule has 1 amide bonds. The van der Waals surface area contributed by atoms with E-state index in [0.29, 0.717) is 0 Å². The minimum atomic E-state index is -1.03. The van der Waals surface area contributed by atoms with Crippen LogP contribution in [0.4, 0.5) is 0 Å². The molecular weight excluding hydrogens is 246 g/mol. The van der Waals surface area contributed by atoms with Crippen LogP contribution in [0, 0.1) is 0 Å². The molecule has 5 heteroatoms. The largest absolute Gasteiger partial charge is 0.497 e. The number of carbonyl (C=O) groups excluding carboxylic acids is 1. The van der Waals surface area contributed by atoms with E-state index in [2.05, 4.69) is 5.32 Å². The van der Waals surface area contributed by atoms with Gasteiger partial charge >= 0.3 is 5.97 Å². The fourth-order valence-corrected chi connectivity index (χ4v) is 2.41. The Morgan fingerprint density at radius 3 is 2.37 bits per heavy atom. The number of methoxy groups -OCH3 is 1. The van der Waals surface area contributed by atoms with Crippen LogP contribution >= 0.6 is 0 Å². The number of carbonyl (C=O) groups is 2. The summed E-state index contributed by atoms with van der Waals surface area (Å²) in [4.78, 5) is 22.7. The van der Waals surface area contributed by atoms with E-state index in [1.807, 2.05) is 24.3 Å². The van der Waals surface area contributed by atoms with Crippen molar-refractivity contribution in [1.82, 2.24) is 5.32 Å². The normalized spacial score (nSPS) is 16.3. The van der Waals surface area contributed by atoms with Gasteiger partial charge in [0.15, 0.2) is 0 Å². The van der Waals surface area contributed by atoms with Crippen molar-refractivity contribution in [3.63, 3.8) is 0 Å². The lowest BCUT2D eigenvalue weighted by Gasteiger charge is -2.40. The molecule has 0 bridgehead atoms. The van der Waals surface area contributed by atoms with E-state index in [1.165, 1.54) is 0 Å². The number of hydrogen-bond donors (Lipinski definition) is 2. The van der Waals surface area contributed by atoms with Crippen molar-refractivity contribution in [2.24, 2.45) is 0 Å². The second-order valence-corrected chi connectivity index (χ2v) is 4.74. The van der Waals surface area contributed by atoms with Crippen LogP contribution < -0.4 is 10.1 Å². The first-order chi connectivity index (χ1) is 9.08. The molecule has 0 aliphatic heterocycles. The van der Waals surface area contributed by atoms with E-state index in [4.69, 9.17) is 9.84 Å². The quantitative estimate of drug-likeness (QED) is 0.840. The molecule has 5 nitrogen and oxygen atoms in total. The van der Waals surface area contributed by atoms with Gasteiger partial charge in [-0.25, -0.2) is 0 Å². The molecule has 0 radical (unpaired) electrons. The highest BCUT2D eigenvalue weighted by atomic mass is 16.5. The van der Waals surface area contributed by atoms with Gasteiger partial charge in [-0.15, -0.1) is 0 Å². The maximum absolute atomic E-state index is 12.2. The van der Waals surface area contributed by atoms with Crippen LogP contribution in [0.3, 0.4) is 0 Å². The van der Waals surface area contributed by atoms with Crippen molar-refractivity contribution < 1.29 is 19.4 Å². The van der Waals surface area contributed by atoms with Gasteiger partial charge in [0.05, 0.1) is 12.5 Å². The lowest BCUT2D eigenvalue weighted by molar-refractivity contribution is -0.139. The summed E-state index contributed by atoms with van der Waals surface area (Å²) in [5.41, 5.74) is 0.351. The second kappa shape index (κ2) is 5.30. The van der Waals surface area contributed by atoms with E-state index >= 15 is 0 Å². The summed E-state index contributed by atoms with van der Waals surface area (Å²) < 4.78 is 5.09. The van der Waals surface area contributed by atoms with Gasteiger partial charge in [0.1, 0.15) is 12.3 Å². The number of aliphatic carboxylic acids is 1. The molecule has 1 aromatic rings. The average molecular weight is 263 g/mol. The molecule has 1 fully saturated rings. The van der Waals surface area contributed by atoms with E-state index in [-0.39, 0.29) is 12.5 Å². The van der Waals surface area contributed by atoms with Crippen molar-refractivity contribution in [3.8, 4) is 5.75 Å². The molecule has 0 atom stereocenters. The molecule has 0 spiro atoms. The van der Waals surface area contributed by atoms with Crippen LogP contribution in [0.2, 0.25) is 0 Å². The maximum Gasteiger partial charge on any atom is 0.322 e. The Kier molecular flexibility index (Phi) is 3.74. The monoisotopic (exact) mass is 263 g/mol. The zero-order valence-electron chi connectivity index (χ0n) is 10.8. The molecule has 1 aliphatic carbocycles. The fraction of sp³-hybridized carbons (Fsp3) is 0.429. The topological polar surface area (TPSA) is 75.6 Å². The Morgan fingerprint density at radius 1 is 1.32 bits per heavy atom. The average Bonchev–Trinajstić information content (AvgIpc) is 2.36. The van der Waals surface area contributed by atoms with E-state index in [0.717, 1.165) is 30.6 Å². The van der Waals surface area contributed by atoms with Gasteiger partial charge in [0.25, 0.3) is 0 Å². The smallest absolute Gasteiger partial charge is 0.322 e. The summed E-state index contributed by atoms with van der Waals surface area (Å²) in [6.07, 6.45) is 2.49. The maximum atomic E-state index is 12.2. The predicted molar refractivity (Wildman–Crippen MR) is 69.2 cm³/mol. The second-order valence-electron chi connectivity index (χ2n) is 4.74. The van der Waals surface area contributed by atoms with Crippen LogP contribution in [0.15, 0.2) is 24.3 Å². The Labute approximate surface area is 111 Å². The lowest BCUT2D eigenvalue weighted by Crippen LogP contribution is -2.50. The molecule has 2 rings (SSSR count). The van der Waals surface area contributed by atoms with E-state index in [1.54, 1.807) is 7.11 Å². The molecule has 2 N–H and O–H groups in total. The Bertz CT molecular complexity index is 477. The van der Waals surface area contributed by atoms with Crippen molar-refractivity contribution in [1.29, 1.82) is 0 Å². The minimum absolute atomic E-state index is 0.202. The molecule has 1 aromatic carbocycles. The standard InChI is InChI=1S/C14H17NO4/c1-19-11-5-3-10(4-6-11)14(7-2-8-14)13(18)15-9-12(16)17/h3-6H,2,7-9H2,1H3,(H,15,18)(H,16,17). The first kappa shape index (κ1) is 13.4. The third kappa shape index (κ3) is 2.54. The number of nitrogens with one attached hydrogen (secondary N) is 1. The van der Waals surface area contributed by atoms with Gasteiger partial charge in [0.2, 0.25) is 5.91 Å². The zero-order valence-corrected chi connectivity index (χ0v) is 10.8. The molecule has 0 heterocycles. The number of amides is 1. The third-order valence-electron chi connectivity index (χ3n) is 3.68. The zero-order chi connectivity index (χ0) is 13.9. The molecule has 102 valence electrons. The van der Waals surface area contributed by atoms with Crippen LogP contribution in [-0.4, -0.2) is 30.6 Å². The fourth-order valence-electron chi connectivity index (χ4n) is 2.41. The van der Waals surface area contributed by atoms with Crippen LogP contribution in [-0.2, 0) is 15.0 Å². The lowest BCUT2D eigenvalue weighted by atomic mass is 9.64. The minimum Gasteiger partial charge on any atom is -0.497 e. The van der Waals surface area contributed by atoms with Gasteiger partial charge < -0.3 is 15.2 Å². The molecule has 0 aromatic heterocycles. The molecule has 19 heavy (non-hydrogen) atoms. The first-order valence-corrected chi connectivity index (χ1v) is 6.23. The highest BCUT2D eigenvalue weighted by Crippen LogP contribution is 2.44. The van der Waals surface area contributed by atoms with Gasteiger partial charge in [-0.2, -0.15) is 0 Å². The van der Waals surface area contributed by atoms with Crippen LogP contribution in [0.5, 0.6) is 5.75 Å². The summed E-state index contributed by atoms with van der Waals surface area (Å²) in [6, 6.07) is 7.39. The SMILES string of the molecule is COc1ccc(C2(C(=O)NCC(=O)O)CCC2)cc1. The van der Waals surface area contributed by atoms with E-state index < -0.39 is 11.4 Å². The number of hydrogen-bond acceptors (Lipinski definition) is 3. The number of rotatable bonds is 5.